The number of ether oxygens (including phenoxy) is 1. The number of H-pyrrole nitrogens is 1. The Morgan fingerprint density at radius 2 is 1.88 bits per heavy atom. The quantitative estimate of drug-likeness (QED) is 0.216. The van der Waals surface area contributed by atoms with E-state index >= 15 is 0 Å². The zero-order chi connectivity index (χ0) is 23.7. The lowest BCUT2D eigenvalue weighted by atomic mass is 10.1. The summed E-state index contributed by atoms with van der Waals surface area (Å²) in [6, 6.07) is 14.4. The molecule has 0 atom stereocenters. The highest BCUT2D eigenvalue weighted by atomic mass is 79.9. The summed E-state index contributed by atoms with van der Waals surface area (Å²) >= 11 is 3.38. The first-order valence-electron chi connectivity index (χ1n) is 10.5. The van der Waals surface area contributed by atoms with E-state index in [9.17, 15) is 14.9 Å². The number of benzene rings is 2. The lowest BCUT2D eigenvalue weighted by molar-refractivity contribution is -0.384. The Kier molecular flexibility index (Phi) is 5.95. The summed E-state index contributed by atoms with van der Waals surface area (Å²) in [6.07, 6.45) is 1.19. The smallest absolute Gasteiger partial charge is 0.329 e. The zero-order valence-electron chi connectivity index (χ0n) is 17.8. The van der Waals surface area contributed by atoms with Gasteiger partial charge in [0.05, 0.1) is 23.8 Å². The van der Waals surface area contributed by atoms with Crippen LogP contribution in [0.25, 0.3) is 10.9 Å². The van der Waals surface area contributed by atoms with Crippen molar-refractivity contribution in [2.24, 2.45) is 0 Å². The Morgan fingerprint density at radius 3 is 2.62 bits per heavy atom. The van der Waals surface area contributed by atoms with Gasteiger partial charge >= 0.3 is 5.69 Å². The number of halogens is 1. The summed E-state index contributed by atoms with van der Waals surface area (Å²) in [5, 5.41) is 15.5. The second-order valence-corrected chi connectivity index (χ2v) is 8.56. The largest absolute Gasteiger partial charge is 0.378 e. The molecule has 10 nitrogen and oxygen atoms in total. The van der Waals surface area contributed by atoms with Crippen LogP contribution in [0.4, 0.5) is 23.1 Å². The van der Waals surface area contributed by atoms with Crippen LogP contribution >= 0.6 is 15.9 Å². The van der Waals surface area contributed by atoms with Crippen molar-refractivity contribution in [1.29, 1.82) is 0 Å². The van der Waals surface area contributed by atoms with Crippen molar-refractivity contribution in [2.45, 2.75) is 0 Å². The van der Waals surface area contributed by atoms with E-state index < -0.39 is 4.92 Å². The van der Waals surface area contributed by atoms with Gasteiger partial charge in [-0.15, -0.1) is 0 Å². The Morgan fingerprint density at radius 1 is 1.15 bits per heavy atom. The van der Waals surface area contributed by atoms with Crippen LogP contribution in [0.1, 0.15) is 16.1 Å². The topological polar surface area (TPSA) is 126 Å². The van der Waals surface area contributed by atoms with Crippen LogP contribution in [0.5, 0.6) is 0 Å². The number of ketones is 1. The van der Waals surface area contributed by atoms with E-state index in [1.165, 1.54) is 6.20 Å². The van der Waals surface area contributed by atoms with Crippen LogP contribution in [-0.4, -0.2) is 52.0 Å². The third-order valence-corrected chi connectivity index (χ3v) is 6.06. The minimum absolute atomic E-state index is 0.0103. The minimum Gasteiger partial charge on any atom is -0.378 e. The number of hydrogen-bond acceptors (Lipinski definition) is 8. The molecule has 1 saturated heterocycles. The predicted octanol–water partition coefficient (Wildman–Crippen LogP) is 4.44. The van der Waals surface area contributed by atoms with E-state index in [0.717, 1.165) is 9.99 Å². The maximum Gasteiger partial charge on any atom is 0.329 e. The number of aromatic nitrogens is 3. The highest BCUT2D eigenvalue weighted by molar-refractivity contribution is 9.10. The molecule has 4 aromatic rings. The SMILES string of the molecule is O=C(c1ccc(Br)cc1)c1[nH]c2ccccc2c1Nc1nc(N2CCOCC2)ncc1[N+](=O)[O-]. The second kappa shape index (κ2) is 9.20. The number of carbonyl (C=O) groups is 1. The van der Waals surface area contributed by atoms with Crippen LogP contribution in [0, 0.1) is 10.1 Å². The lowest BCUT2D eigenvalue weighted by Gasteiger charge is -2.26. The van der Waals surface area contributed by atoms with Crippen LogP contribution < -0.4 is 10.2 Å². The third-order valence-electron chi connectivity index (χ3n) is 5.53. The number of aromatic amines is 1. The maximum absolute atomic E-state index is 13.4. The molecule has 11 heteroatoms. The van der Waals surface area contributed by atoms with Gasteiger partial charge in [0, 0.05) is 34.0 Å². The molecule has 34 heavy (non-hydrogen) atoms. The van der Waals surface area contributed by atoms with E-state index in [1.807, 2.05) is 29.2 Å². The first-order chi connectivity index (χ1) is 16.5. The van der Waals surface area contributed by atoms with Gasteiger partial charge in [-0.25, -0.2) is 4.98 Å². The molecule has 0 radical (unpaired) electrons. The van der Waals surface area contributed by atoms with Crippen LogP contribution in [0.2, 0.25) is 0 Å². The molecule has 1 aliphatic rings. The number of hydrogen-bond donors (Lipinski definition) is 2. The fraction of sp³-hybridized carbons (Fsp3) is 0.174. The molecule has 0 amide bonds. The molecular formula is C23H19BrN6O4. The predicted molar refractivity (Wildman–Crippen MR) is 131 cm³/mol. The molecule has 5 rings (SSSR count). The number of morpholine rings is 1. The van der Waals surface area contributed by atoms with Gasteiger partial charge in [-0.3, -0.25) is 14.9 Å². The zero-order valence-corrected chi connectivity index (χ0v) is 19.4. The number of rotatable bonds is 6. The highest BCUT2D eigenvalue weighted by Crippen LogP contribution is 2.35. The molecule has 1 fully saturated rings. The summed E-state index contributed by atoms with van der Waals surface area (Å²) in [7, 11) is 0. The molecule has 2 aromatic carbocycles. The molecule has 0 bridgehead atoms. The van der Waals surface area contributed by atoms with Gasteiger partial charge < -0.3 is 19.9 Å². The van der Waals surface area contributed by atoms with E-state index in [0.29, 0.717) is 48.9 Å². The fourth-order valence-corrected chi connectivity index (χ4v) is 4.08. The van der Waals surface area contributed by atoms with Crippen molar-refractivity contribution in [1.82, 2.24) is 15.0 Å². The first-order valence-corrected chi connectivity index (χ1v) is 11.3. The number of nitro groups is 1. The highest BCUT2D eigenvalue weighted by Gasteiger charge is 2.25. The van der Waals surface area contributed by atoms with Crippen LogP contribution in [0.3, 0.4) is 0 Å². The van der Waals surface area contributed by atoms with Gasteiger partial charge in [0.25, 0.3) is 0 Å². The Hall–Kier alpha value is -3.83. The van der Waals surface area contributed by atoms with Gasteiger partial charge in [-0.05, 0) is 30.3 Å². The minimum atomic E-state index is -0.545. The monoisotopic (exact) mass is 522 g/mol. The van der Waals surface area contributed by atoms with Crippen molar-refractivity contribution >= 4 is 55.8 Å². The second-order valence-electron chi connectivity index (χ2n) is 7.64. The van der Waals surface area contributed by atoms with E-state index in [-0.39, 0.29) is 23.0 Å². The summed E-state index contributed by atoms with van der Waals surface area (Å²) in [6.45, 7) is 2.21. The van der Waals surface area contributed by atoms with Crippen molar-refractivity contribution in [3.05, 3.63) is 80.6 Å². The number of fused-ring (bicyclic) bond motifs is 1. The number of para-hydroxylation sites is 1. The standard InChI is InChI=1S/C23H19BrN6O4/c24-15-7-5-14(6-8-15)21(31)20-19(16-3-1-2-4-17(16)26-20)27-22-18(30(32)33)13-25-23(28-22)29-9-11-34-12-10-29/h1-8,13,26H,9-12H2,(H,25,27,28). The number of nitrogens with zero attached hydrogens (tertiary/aromatic N) is 4. The van der Waals surface area contributed by atoms with E-state index in [2.05, 4.69) is 36.2 Å². The Balaban J connectivity index is 1.60. The summed E-state index contributed by atoms with van der Waals surface area (Å²) < 4.78 is 6.23. The van der Waals surface area contributed by atoms with E-state index in [1.54, 1.807) is 24.3 Å². The number of anilines is 3. The van der Waals surface area contributed by atoms with E-state index in [4.69, 9.17) is 4.74 Å². The van der Waals surface area contributed by atoms with Crippen LogP contribution in [0.15, 0.2) is 59.2 Å². The summed E-state index contributed by atoms with van der Waals surface area (Å²) in [5.41, 5.74) is 1.60. The Labute approximate surface area is 202 Å². The van der Waals surface area contributed by atoms with Crippen molar-refractivity contribution in [3.63, 3.8) is 0 Å². The molecular weight excluding hydrogens is 504 g/mol. The molecule has 2 N–H and O–H groups in total. The normalized spacial score (nSPS) is 13.7. The number of nitrogens with one attached hydrogen (secondary N) is 2. The maximum atomic E-state index is 13.4. The average molecular weight is 523 g/mol. The van der Waals surface area contributed by atoms with Gasteiger partial charge in [0.2, 0.25) is 17.5 Å². The third kappa shape index (κ3) is 4.22. The molecule has 2 aromatic heterocycles. The molecule has 172 valence electrons. The average Bonchev–Trinajstić information content (AvgIpc) is 3.23. The molecule has 0 aliphatic carbocycles. The number of carbonyl (C=O) groups excluding carboxylic acids is 1. The van der Waals surface area contributed by atoms with Gasteiger partial charge in [0.1, 0.15) is 11.9 Å². The van der Waals surface area contributed by atoms with Gasteiger partial charge in [-0.2, -0.15) is 4.98 Å². The fourth-order valence-electron chi connectivity index (χ4n) is 3.81. The molecule has 1 aliphatic heterocycles. The molecule has 3 heterocycles. The molecule has 0 spiro atoms. The van der Waals surface area contributed by atoms with Crippen LogP contribution in [-0.2, 0) is 4.74 Å². The first kappa shape index (κ1) is 22.0. The van der Waals surface area contributed by atoms with Crippen molar-refractivity contribution in [3.8, 4) is 0 Å². The molecule has 0 unspecified atom stereocenters. The van der Waals surface area contributed by atoms with Crippen molar-refractivity contribution < 1.29 is 14.5 Å². The lowest BCUT2D eigenvalue weighted by Crippen LogP contribution is -2.37. The summed E-state index contributed by atoms with van der Waals surface area (Å²) in [5.74, 6) is 0.115. The Bertz CT molecular complexity index is 1380. The van der Waals surface area contributed by atoms with Crippen molar-refractivity contribution in [2.75, 3.05) is 36.5 Å². The molecule has 0 saturated carbocycles. The summed E-state index contributed by atoms with van der Waals surface area (Å²) in [4.78, 5) is 38.3. The van der Waals surface area contributed by atoms with Gasteiger partial charge in [0.15, 0.2) is 0 Å². The van der Waals surface area contributed by atoms with Gasteiger partial charge in [-0.1, -0.05) is 34.1 Å².